The molecule has 1 aliphatic heterocycles. The van der Waals surface area contributed by atoms with E-state index in [9.17, 15) is 9.59 Å². The van der Waals surface area contributed by atoms with E-state index in [0.717, 1.165) is 44.6 Å². The highest BCUT2D eigenvalue weighted by atomic mass is 16.2. The summed E-state index contributed by atoms with van der Waals surface area (Å²) < 4.78 is 0. The highest BCUT2D eigenvalue weighted by molar-refractivity contribution is 5.79. The first-order chi connectivity index (χ1) is 12.1. The zero-order valence-electron chi connectivity index (χ0n) is 15.0. The molecule has 2 fully saturated rings. The van der Waals surface area contributed by atoms with Gasteiger partial charge in [-0.3, -0.25) is 19.4 Å². The van der Waals surface area contributed by atoms with Gasteiger partial charge in [-0.15, -0.1) is 0 Å². The zero-order valence-corrected chi connectivity index (χ0v) is 15.0. The number of carbonyl (C=O) groups excluding carboxylic acids is 2. The molecule has 2 amide bonds. The lowest BCUT2D eigenvalue weighted by Crippen LogP contribution is -2.51. The van der Waals surface area contributed by atoms with E-state index in [1.807, 2.05) is 12.1 Å². The molecule has 0 spiro atoms. The monoisotopic (exact) mass is 344 g/mol. The van der Waals surface area contributed by atoms with Crippen LogP contribution in [0.5, 0.6) is 0 Å². The molecule has 1 heterocycles. The van der Waals surface area contributed by atoms with Crippen LogP contribution in [0.4, 0.5) is 0 Å². The third-order valence-corrected chi connectivity index (χ3v) is 4.75. The molecule has 1 saturated carbocycles. The Kier molecular flexibility index (Phi) is 6.04. The first-order valence-corrected chi connectivity index (χ1v) is 9.15. The lowest BCUT2D eigenvalue weighted by Gasteiger charge is -2.33. The van der Waals surface area contributed by atoms with Crippen molar-refractivity contribution in [1.82, 2.24) is 20.4 Å². The average molecular weight is 344 g/mol. The molecular weight excluding hydrogens is 316 g/mol. The van der Waals surface area contributed by atoms with Crippen LogP contribution in [0.2, 0.25) is 0 Å². The Bertz CT molecular complexity index is 590. The van der Waals surface area contributed by atoms with Crippen molar-refractivity contribution in [2.75, 3.05) is 39.3 Å². The smallest absolute Gasteiger partial charge is 0.234 e. The molecule has 3 rings (SSSR count). The quantitative estimate of drug-likeness (QED) is 0.756. The molecule has 0 bridgehead atoms. The van der Waals surface area contributed by atoms with Crippen molar-refractivity contribution in [1.29, 1.82) is 0 Å². The Morgan fingerprint density at radius 1 is 0.960 bits per heavy atom. The summed E-state index contributed by atoms with van der Waals surface area (Å²) in [6.45, 7) is 6.85. The molecule has 25 heavy (non-hydrogen) atoms. The molecular formula is C19H28N4O2. The Morgan fingerprint density at radius 2 is 1.52 bits per heavy atom. The van der Waals surface area contributed by atoms with Crippen LogP contribution in [0.3, 0.4) is 0 Å². The van der Waals surface area contributed by atoms with Gasteiger partial charge in [0.15, 0.2) is 0 Å². The number of benzene rings is 1. The van der Waals surface area contributed by atoms with Gasteiger partial charge in [0.05, 0.1) is 13.1 Å². The van der Waals surface area contributed by atoms with Gasteiger partial charge < -0.3 is 10.6 Å². The molecule has 6 heteroatoms. The van der Waals surface area contributed by atoms with Gasteiger partial charge in [0, 0.05) is 38.8 Å². The number of hydrogen-bond donors (Lipinski definition) is 2. The standard InChI is InChI=1S/C19H28N4O2/c1-15-2-4-16(5-3-15)12-20-18(24)13-22-8-10-23(11-9-22)14-19(25)21-17-6-7-17/h2-5,17H,6-14H2,1H3,(H,20,24)(H,21,25). The molecule has 1 saturated heterocycles. The van der Waals surface area contributed by atoms with E-state index < -0.39 is 0 Å². The summed E-state index contributed by atoms with van der Waals surface area (Å²) in [5.74, 6) is 0.187. The Balaban J connectivity index is 1.31. The Hall–Kier alpha value is -1.92. The number of amides is 2. The molecule has 0 unspecified atom stereocenters. The minimum Gasteiger partial charge on any atom is -0.352 e. The van der Waals surface area contributed by atoms with Gasteiger partial charge in [0.1, 0.15) is 0 Å². The molecule has 2 N–H and O–H groups in total. The normalized spacial score (nSPS) is 18.8. The third-order valence-electron chi connectivity index (χ3n) is 4.75. The summed E-state index contributed by atoms with van der Waals surface area (Å²) >= 11 is 0. The van der Waals surface area contributed by atoms with E-state index in [1.165, 1.54) is 5.56 Å². The van der Waals surface area contributed by atoms with Crippen molar-refractivity contribution in [3.8, 4) is 0 Å². The summed E-state index contributed by atoms with van der Waals surface area (Å²) in [6.07, 6.45) is 2.24. The second kappa shape index (κ2) is 8.45. The summed E-state index contributed by atoms with van der Waals surface area (Å²) in [4.78, 5) is 28.3. The van der Waals surface area contributed by atoms with Gasteiger partial charge in [-0.25, -0.2) is 0 Å². The average Bonchev–Trinajstić information content (AvgIpc) is 3.40. The summed E-state index contributed by atoms with van der Waals surface area (Å²) in [7, 11) is 0. The summed E-state index contributed by atoms with van der Waals surface area (Å²) in [5.41, 5.74) is 2.34. The summed E-state index contributed by atoms with van der Waals surface area (Å²) in [6, 6.07) is 8.62. The van der Waals surface area contributed by atoms with Crippen LogP contribution < -0.4 is 10.6 Å². The zero-order chi connectivity index (χ0) is 17.6. The predicted octanol–water partition coefficient (Wildman–Crippen LogP) is 0.507. The largest absolute Gasteiger partial charge is 0.352 e. The van der Waals surface area contributed by atoms with Crippen LogP contribution in [0.1, 0.15) is 24.0 Å². The predicted molar refractivity (Wildman–Crippen MR) is 97.1 cm³/mol. The van der Waals surface area contributed by atoms with Crippen LogP contribution in [-0.2, 0) is 16.1 Å². The van der Waals surface area contributed by atoms with E-state index >= 15 is 0 Å². The van der Waals surface area contributed by atoms with Crippen molar-refractivity contribution < 1.29 is 9.59 Å². The molecule has 136 valence electrons. The highest BCUT2D eigenvalue weighted by Gasteiger charge is 2.25. The number of carbonyl (C=O) groups is 2. The minimum atomic E-state index is 0.0560. The van der Waals surface area contributed by atoms with E-state index in [1.54, 1.807) is 0 Å². The number of nitrogens with one attached hydrogen (secondary N) is 2. The second-order valence-electron chi connectivity index (χ2n) is 7.16. The lowest BCUT2D eigenvalue weighted by atomic mass is 10.1. The van der Waals surface area contributed by atoms with Gasteiger partial charge in [-0.2, -0.15) is 0 Å². The van der Waals surface area contributed by atoms with Crippen molar-refractivity contribution in [3.63, 3.8) is 0 Å². The van der Waals surface area contributed by atoms with Gasteiger partial charge in [0.2, 0.25) is 11.8 Å². The van der Waals surface area contributed by atoms with Crippen LogP contribution >= 0.6 is 0 Å². The maximum Gasteiger partial charge on any atom is 0.234 e. The lowest BCUT2D eigenvalue weighted by molar-refractivity contribution is -0.125. The Morgan fingerprint density at radius 3 is 2.08 bits per heavy atom. The molecule has 0 radical (unpaired) electrons. The second-order valence-corrected chi connectivity index (χ2v) is 7.16. The van der Waals surface area contributed by atoms with E-state index in [2.05, 4.69) is 39.5 Å². The van der Waals surface area contributed by atoms with Crippen LogP contribution in [0, 0.1) is 6.92 Å². The Labute approximate surface area is 149 Å². The molecule has 1 aliphatic carbocycles. The fourth-order valence-electron chi connectivity index (χ4n) is 2.98. The number of piperazine rings is 1. The molecule has 1 aromatic rings. The van der Waals surface area contributed by atoms with Crippen molar-refractivity contribution in [2.45, 2.75) is 32.4 Å². The number of aryl methyl sites for hydroxylation is 1. The molecule has 0 atom stereocenters. The molecule has 0 aromatic heterocycles. The van der Waals surface area contributed by atoms with E-state index in [0.29, 0.717) is 25.7 Å². The summed E-state index contributed by atoms with van der Waals surface area (Å²) in [5, 5.41) is 6.00. The molecule has 2 aliphatic rings. The minimum absolute atomic E-state index is 0.0560. The topological polar surface area (TPSA) is 64.7 Å². The van der Waals surface area contributed by atoms with Crippen LogP contribution in [-0.4, -0.2) is 66.9 Å². The maximum absolute atomic E-state index is 12.1. The van der Waals surface area contributed by atoms with Gasteiger partial charge in [-0.05, 0) is 25.3 Å². The van der Waals surface area contributed by atoms with Gasteiger partial charge in [-0.1, -0.05) is 29.8 Å². The number of rotatable bonds is 7. The van der Waals surface area contributed by atoms with Crippen LogP contribution in [0.15, 0.2) is 24.3 Å². The molecule has 1 aromatic carbocycles. The van der Waals surface area contributed by atoms with E-state index in [-0.39, 0.29) is 11.8 Å². The first-order valence-electron chi connectivity index (χ1n) is 9.15. The van der Waals surface area contributed by atoms with Crippen molar-refractivity contribution >= 4 is 11.8 Å². The molecule has 6 nitrogen and oxygen atoms in total. The highest BCUT2D eigenvalue weighted by Crippen LogP contribution is 2.18. The number of hydrogen-bond acceptors (Lipinski definition) is 4. The van der Waals surface area contributed by atoms with Crippen molar-refractivity contribution in [3.05, 3.63) is 35.4 Å². The SMILES string of the molecule is Cc1ccc(CNC(=O)CN2CCN(CC(=O)NC3CC3)CC2)cc1. The number of nitrogens with zero attached hydrogens (tertiary/aromatic N) is 2. The third kappa shape index (κ3) is 6.14. The maximum atomic E-state index is 12.1. The van der Waals surface area contributed by atoms with Gasteiger partial charge in [0.25, 0.3) is 0 Å². The van der Waals surface area contributed by atoms with Crippen molar-refractivity contribution in [2.24, 2.45) is 0 Å². The first kappa shape index (κ1) is 17.9. The van der Waals surface area contributed by atoms with E-state index in [4.69, 9.17) is 0 Å². The fraction of sp³-hybridized carbons (Fsp3) is 0.579. The fourth-order valence-corrected chi connectivity index (χ4v) is 2.98. The van der Waals surface area contributed by atoms with Gasteiger partial charge >= 0.3 is 0 Å². The van der Waals surface area contributed by atoms with Crippen LogP contribution in [0.25, 0.3) is 0 Å².